The van der Waals surface area contributed by atoms with E-state index < -0.39 is 5.41 Å². The number of pyridine rings is 1. The minimum Gasteiger partial charge on any atom is -0.362 e. The van der Waals surface area contributed by atoms with E-state index in [2.05, 4.69) is 4.98 Å². The average molecular weight is 339 g/mol. The zero-order valence-corrected chi connectivity index (χ0v) is 15.6. The zero-order valence-electron chi connectivity index (χ0n) is 15.6. The molecule has 0 spiro atoms. The highest BCUT2D eigenvalue weighted by atomic mass is 16.2. The standard InChI is InChI=1S/C19H25N5O/c1-19(2,3)18(25)24-11-9-13-15(12-24)21-16(22-17(13)23(4)5)14-8-6-7-10-20-14/h6-8,10H,9,11-12H2,1-5H3. The van der Waals surface area contributed by atoms with Crippen molar-refractivity contribution in [1.82, 2.24) is 19.9 Å². The molecule has 1 aliphatic rings. The highest BCUT2D eigenvalue weighted by molar-refractivity contribution is 5.82. The van der Waals surface area contributed by atoms with Gasteiger partial charge in [-0.3, -0.25) is 9.78 Å². The summed E-state index contributed by atoms with van der Waals surface area (Å²) in [6.45, 7) is 7.09. The van der Waals surface area contributed by atoms with Crippen LogP contribution >= 0.6 is 0 Å². The first kappa shape index (κ1) is 17.3. The summed E-state index contributed by atoms with van der Waals surface area (Å²) < 4.78 is 0. The van der Waals surface area contributed by atoms with Gasteiger partial charge in [-0.15, -0.1) is 0 Å². The van der Waals surface area contributed by atoms with Crippen LogP contribution in [0.3, 0.4) is 0 Å². The Morgan fingerprint density at radius 2 is 1.96 bits per heavy atom. The largest absolute Gasteiger partial charge is 0.362 e. The van der Waals surface area contributed by atoms with E-state index in [0.29, 0.717) is 18.9 Å². The number of hydrogen-bond donors (Lipinski definition) is 0. The van der Waals surface area contributed by atoms with Crippen LogP contribution in [0.1, 0.15) is 32.0 Å². The first-order valence-corrected chi connectivity index (χ1v) is 8.55. The van der Waals surface area contributed by atoms with Gasteiger partial charge in [0, 0.05) is 37.8 Å². The fourth-order valence-corrected chi connectivity index (χ4v) is 3.04. The average Bonchev–Trinajstić information content (AvgIpc) is 2.59. The molecule has 25 heavy (non-hydrogen) atoms. The summed E-state index contributed by atoms with van der Waals surface area (Å²) in [6.07, 6.45) is 2.51. The number of fused-ring (bicyclic) bond motifs is 1. The number of aromatic nitrogens is 3. The smallest absolute Gasteiger partial charge is 0.228 e. The summed E-state index contributed by atoms with van der Waals surface area (Å²) in [5.74, 6) is 1.67. The molecule has 132 valence electrons. The summed E-state index contributed by atoms with van der Waals surface area (Å²) in [5, 5.41) is 0. The molecule has 0 bridgehead atoms. The number of hydrogen-bond acceptors (Lipinski definition) is 5. The Hall–Kier alpha value is -2.50. The van der Waals surface area contributed by atoms with E-state index in [1.165, 1.54) is 0 Å². The lowest BCUT2D eigenvalue weighted by molar-refractivity contribution is -0.140. The second-order valence-electron chi connectivity index (χ2n) is 7.63. The minimum atomic E-state index is -0.390. The van der Waals surface area contributed by atoms with Crippen LogP contribution in [-0.2, 0) is 17.8 Å². The molecular formula is C19H25N5O. The van der Waals surface area contributed by atoms with Crippen LogP contribution < -0.4 is 4.90 Å². The first-order chi connectivity index (χ1) is 11.8. The summed E-state index contributed by atoms with van der Waals surface area (Å²) >= 11 is 0. The first-order valence-electron chi connectivity index (χ1n) is 8.55. The molecule has 3 rings (SSSR count). The molecular weight excluding hydrogens is 314 g/mol. The van der Waals surface area contributed by atoms with Gasteiger partial charge in [0.25, 0.3) is 0 Å². The van der Waals surface area contributed by atoms with E-state index in [4.69, 9.17) is 9.97 Å². The lowest BCUT2D eigenvalue weighted by Crippen LogP contribution is -2.43. The third-order valence-electron chi connectivity index (χ3n) is 4.29. The normalized spacial score (nSPS) is 14.2. The maximum absolute atomic E-state index is 12.7. The van der Waals surface area contributed by atoms with E-state index in [9.17, 15) is 4.79 Å². The van der Waals surface area contributed by atoms with Crippen LogP contribution in [-0.4, -0.2) is 46.4 Å². The van der Waals surface area contributed by atoms with Crippen molar-refractivity contribution < 1.29 is 4.79 Å². The highest BCUT2D eigenvalue weighted by Crippen LogP contribution is 2.29. The second kappa shape index (κ2) is 6.43. The maximum Gasteiger partial charge on any atom is 0.228 e. The molecule has 0 aliphatic carbocycles. The molecule has 0 saturated carbocycles. The van der Waals surface area contributed by atoms with Crippen LogP contribution in [0.4, 0.5) is 5.82 Å². The molecule has 1 amide bonds. The lowest BCUT2D eigenvalue weighted by atomic mass is 9.93. The third-order valence-corrected chi connectivity index (χ3v) is 4.29. The molecule has 6 nitrogen and oxygen atoms in total. The van der Waals surface area contributed by atoms with E-state index in [1.54, 1.807) is 6.20 Å². The Morgan fingerprint density at radius 3 is 2.56 bits per heavy atom. The number of rotatable bonds is 2. The molecule has 1 aliphatic heterocycles. The van der Waals surface area contributed by atoms with Gasteiger partial charge in [0.15, 0.2) is 5.82 Å². The predicted octanol–water partition coefficient (Wildman–Crippen LogP) is 2.54. The van der Waals surface area contributed by atoms with Crippen LogP contribution in [0.5, 0.6) is 0 Å². The Labute approximate surface area is 148 Å². The fourth-order valence-electron chi connectivity index (χ4n) is 3.04. The number of carbonyl (C=O) groups is 1. The molecule has 6 heteroatoms. The third kappa shape index (κ3) is 3.48. The molecule has 2 aromatic heterocycles. The quantitative estimate of drug-likeness (QED) is 0.841. The molecule has 0 atom stereocenters. The summed E-state index contributed by atoms with van der Waals surface area (Å²) in [7, 11) is 3.97. The number of anilines is 1. The van der Waals surface area contributed by atoms with Gasteiger partial charge in [-0.25, -0.2) is 9.97 Å². The Kier molecular flexibility index (Phi) is 4.45. The van der Waals surface area contributed by atoms with Crippen molar-refractivity contribution in [3.63, 3.8) is 0 Å². The molecule has 3 heterocycles. The van der Waals surface area contributed by atoms with E-state index in [-0.39, 0.29) is 5.91 Å². The second-order valence-corrected chi connectivity index (χ2v) is 7.63. The van der Waals surface area contributed by atoms with Gasteiger partial charge in [-0.2, -0.15) is 0 Å². The summed E-state index contributed by atoms with van der Waals surface area (Å²) in [6, 6.07) is 5.70. The van der Waals surface area contributed by atoms with Crippen LogP contribution in [0.15, 0.2) is 24.4 Å². The van der Waals surface area contributed by atoms with Crippen LogP contribution in [0.2, 0.25) is 0 Å². The van der Waals surface area contributed by atoms with Crippen LogP contribution in [0, 0.1) is 5.41 Å². The monoisotopic (exact) mass is 339 g/mol. The SMILES string of the molecule is CN(C)c1nc(-c2ccccn2)nc2c1CCN(C(=O)C(C)(C)C)C2. The van der Waals surface area contributed by atoms with Gasteiger partial charge < -0.3 is 9.80 Å². The maximum atomic E-state index is 12.7. The van der Waals surface area contributed by atoms with Crippen molar-refractivity contribution in [2.75, 3.05) is 25.5 Å². The molecule has 0 N–H and O–H groups in total. The van der Waals surface area contributed by atoms with Gasteiger partial charge >= 0.3 is 0 Å². The van der Waals surface area contributed by atoms with E-state index in [0.717, 1.165) is 29.2 Å². The Morgan fingerprint density at radius 1 is 1.20 bits per heavy atom. The van der Waals surface area contributed by atoms with Gasteiger partial charge in [0.1, 0.15) is 11.5 Å². The minimum absolute atomic E-state index is 0.155. The molecule has 0 radical (unpaired) electrons. The molecule has 0 aromatic carbocycles. The predicted molar refractivity (Wildman–Crippen MR) is 98.2 cm³/mol. The van der Waals surface area contributed by atoms with Crippen molar-refractivity contribution in [2.24, 2.45) is 5.41 Å². The zero-order chi connectivity index (χ0) is 18.2. The Balaban J connectivity index is 2.03. The lowest BCUT2D eigenvalue weighted by Gasteiger charge is -2.34. The topological polar surface area (TPSA) is 62.2 Å². The van der Waals surface area contributed by atoms with Crippen molar-refractivity contribution in [3.8, 4) is 11.5 Å². The fraction of sp³-hybridized carbons (Fsp3) is 0.474. The summed E-state index contributed by atoms with van der Waals surface area (Å²) in [4.78, 5) is 30.4. The van der Waals surface area contributed by atoms with Crippen molar-refractivity contribution in [3.05, 3.63) is 35.7 Å². The number of carbonyl (C=O) groups excluding carboxylic acids is 1. The van der Waals surface area contributed by atoms with E-state index >= 15 is 0 Å². The van der Waals surface area contributed by atoms with Crippen molar-refractivity contribution in [1.29, 1.82) is 0 Å². The summed E-state index contributed by atoms with van der Waals surface area (Å²) in [5.41, 5.74) is 2.40. The number of nitrogens with zero attached hydrogens (tertiary/aromatic N) is 5. The number of amides is 1. The Bertz CT molecular complexity index is 780. The van der Waals surface area contributed by atoms with Gasteiger partial charge in [0.05, 0.1) is 12.2 Å². The van der Waals surface area contributed by atoms with Gasteiger partial charge in [-0.05, 0) is 18.6 Å². The molecule has 0 unspecified atom stereocenters. The highest BCUT2D eigenvalue weighted by Gasteiger charge is 2.32. The van der Waals surface area contributed by atoms with Gasteiger partial charge in [0.2, 0.25) is 5.91 Å². The molecule has 2 aromatic rings. The molecule has 0 saturated heterocycles. The van der Waals surface area contributed by atoms with Crippen molar-refractivity contribution in [2.45, 2.75) is 33.7 Å². The van der Waals surface area contributed by atoms with Crippen molar-refractivity contribution >= 4 is 11.7 Å². The van der Waals surface area contributed by atoms with E-state index in [1.807, 2.05) is 62.9 Å². The molecule has 0 fully saturated rings. The van der Waals surface area contributed by atoms with Gasteiger partial charge in [-0.1, -0.05) is 26.8 Å². The van der Waals surface area contributed by atoms with Crippen LogP contribution in [0.25, 0.3) is 11.5 Å².